The second-order valence-corrected chi connectivity index (χ2v) is 7.24. The minimum absolute atomic E-state index is 0.0201. The number of carbonyl (C=O) groups is 2. The smallest absolute Gasteiger partial charge is 0.260 e. The van der Waals surface area contributed by atoms with Crippen LogP contribution >= 0.6 is 11.8 Å². The van der Waals surface area contributed by atoms with E-state index in [2.05, 4.69) is 31.3 Å². The molecule has 0 aliphatic carbocycles. The fraction of sp³-hybridized carbons (Fsp3) is 0.100. The number of carbonyl (C=O) groups excluding carboxylic acids is 2. The summed E-state index contributed by atoms with van der Waals surface area (Å²) in [6.07, 6.45) is 4.28. The zero-order chi connectivity index (χ0) is 22.8. The van der Waals surface area contributed by atoms with E-state index < -0.39 is 5.91 Å². The quantitative estimate of drug-likeness (QED) is 0.215. The Balaban J connectivity index is 1.43. The van der Waals surface area contributed by atoms with Gasteiger partial charge in [-0.25, -0.2) is 10.9 Å². The number of hydrogen-bond acceptors (Lipinski definition) is 9. The Labute approximate surface area is 186 Å². The van der Waals surface area contributed by atoms with Crippen molar-refractivity contribution in [1.82, 2.24) is 25.6 Å². The number of hydrogen-bond donors (Lipinski definition) is 4. The van der Waals surface area contributed by atoms with Crippen molar-refractivity contribution < 1.29 is 19.8 Å². The number of benzene rings is 2. The Hall–Kier alpha value is -4.19. The largest absolute Gasteiger partial charge is 0.508 e. The van der Waals surface area contributed by atoms with Crippen LogP contribution in [0.2, 0.25) is 0 Å². The summed E-state index contributed by atoms with van der Waals surface area (Å²) in [6, 6.07) is 12.7. The number of aromatic nitrogens is 3. The number of nitrogens with zero attached hydrogens (tertiary/aromatic N) is 5. The summed E-state index contributed by atoms with van der Waals surface area (Å²) in [5, 5.41) is 34.3. The maximum Gasteiger partial charge on any atom is 0.260 e. The molecular weight excluding hydrogens is 434 g/mol. The summed E-state index contributed by atoms with van der Waals surface area (Å²) in [6.45, 7) is -0.0805. The zero-order valence-corrected chi connectivity index (χ0v) is 17.4. The van der Waals surface area contributed by atoms with Gasteiger partial charge in [0.2, 0.25) is 0 Å². The number of rotatable bonds is 9. The maximum absolute atomic E-state index is 12.1. The minimum atomic E-state index is -0.398. The van der Waals surface area contributed by atoms with E-state index >= 15 is 0 Å². The molecule has 0 spiro atoms. The first-order valence-electron chi connectivity index (χ1n) is 9.22. The van der Waals surface area contributed by atoms with Gasteiger partial charge in [-0.05, 0) is 59.7 Å². The van der Waals surface area contributed by atoms with Gasteiger partial charge in [-0.2, -0.15) is 10.2 Å². The van der Waals surface area contributed by atoms with Crippen molar-refractivity contribution in [3.63, 3.8) is 0 Å². The summed E-state index contributed by atoms with van der Waals surface area (Å²) in [5.74, 6) is -0.454. The lowest BCUT2D eigenvalue weighted by atomic mass is 10.2. The highest BCUT2D eigenvalue weighted by Gasteiger charge is 2.11. The molecule has 11 nitrogen and oxygen atoms in total. The van der Waals surface area contributed by atoms with Crippen LogP contribution in [0.4, 0.5) is 0 Å². The van der Waals surface area contributed by atoms with E-state index in [0.29, 0.717) is 10.7 Å². The molecule has 0 aliphatic rings. The van der Waals surface area contributed by atoms with Crippen LogP contribution in [0.25, 0.3) is 0 Å². The Morgan fingerprint density at radius 3 is 2.00 bits per heavy atom. The van der Waals surface area contributed by atoms with E-state index in [4.69, 9.17) is 0 Å². The molecule has 2 aromatic carbocycles. The molecule has 2 amide bonds. The molecule has 32 heavy (non-hydrogen) atoms. The molecule has 12 heteroatoms. The number of nitrogens with one attached hydrogen (secondary N) is 2. The molecule has 0 aliphatic heterocycles. The average Bonchev–Trinajstić information content (AvgIpc) is 3.22. The normalized spacial score (nSPS) is 11.1. The second-order valence-electron chi connectivity index (χ2n) is 6.30. The summed E-state index contributed by atoms with van der Waals surface area (Å²) in [7, 11) is 0. The van der Waals surface area contributed by atoms with Crippen molar-refractivity contribution in [2.24, 2.45) is 10.2 Å². The topological polar surface area (TPSA) is 154 Å². The maximum atomic E-state index is 12.1. The molecular formula is C20H19N7O4S. The van der Waals surface area contributed by atoms with Crippen molar-refractivity contribution in [2.45, 2.75) is 11.7 Å². The SMILES string of the molecule is O=C(CSc1nncn1CC(=O)N/N=C/c1ccc(O)cc1)N/N=C/c1ccc(O)cc1. The second kappa shape index (κ2) is 11.3. The predicted molar refractivity (Wildman–Crippen MR) is 118 cm³/mol. The van der Waals surface area contributed by atoms with Gasteiger partial charge in [-0.15, -0.1) is 10.2 Å². The van der Waals surface area contributed by atoms with E-state index in [1.165, 1.54) is 47.6 Å². The van der Waals surface area contributed by atoms with Crippen molar-refractivity contribution >= 4 is 36.0 Å². The molecule has 1 heterocycles. The van der Waals surface area contributed by atoms with E-state index in [-0.39, 0.29) is 29.7 Å². The molecule has 0 fully saturated rings. The van der Waals surface area contributed by atoms with Crippen LogP contribution in [-0.2, 0) is 16.1 Å². The fourth-order valence-corrected chi connectivity index (χ4v) is 3.00. The van der Waals surface area contributed by atoms with Crippen LogP contribution in [0.5, 0.6) is 11.5 Å². The summed E-state index contributed by atoms with van der Waals surface area (Å²) >= 11 is 1.10. The number of aromatic hydroxyl groups is 2. The van der Waals surface area contributed by atoms with Gasteiger partial charge in [0.25, 0.3) is 11.8 Å². The number of amides is 2. The highest BCUT2D eigenvalue weighted by atomic mass is 32.2. The van der Waals surface area contributed by atoms with Gasteiger partial charge in [0.1, 0.15) is 24.4 Å². The van der Waals surface area contributed by atoms with Crippen LogP contribution in [0, 0.1) is 0 Å². The summed E-state index contributed by atoms with van der Waals surface area (Å²) in [4.78, 5) is 24.0. The Bertz CT molecular complexity index is 1110. The van der Waals surface area contributed by atoms with Crippen LogP contribution in [0.15, 0.2) is 70.2 Å². The Morgan fingerprint density at radius 2 is 1.44 bits per heavy atom. The molecule has 4 N–H and O–H groups in total. The van der Waals surface area contributed by atoms with E-state index in [1.54, 1.807) is 24.3 Å². The molecule has 1 aromatic heterocycles. The zero-order valence-electron chi connectivity index (χ0n) is 16.6. The fourth-order valence-electron chi connectivity index (χ4n) is 2.30. The van der Waals surface area contributed by atoms with Crippen molar-refractivity contribution in [2.75, 3.05) is 5.75 Å². The molecule has 3 aromatic rings. The molecule has 0 saturated heterocycles. The van der Waals surface area contributed by atoms with Gasteiger partial charge < -0.3 is 10.2 Å². The molecule has 0 radical (unpaired) electrons. The average molecular weight is 453 g/mol. The Kier molecular flexibility index (Phi) is 7.92. The minimum Gasteiger partial charge on any atom is -0.508 e. The van der Waals surface area contributed by atoms with Crippen LogP contribution in [0.3, 0.4) is 0 Å². The molecule has 3 rings (SSSR count). The first-order valence-corrected chi connectivity index (χ1v) is 10.2. The molecule has 0 atom stereocenters. The predicted octanol–water partition coefficient (Wildman–Crippen LogP) is 1.08. The summed E-state index contributed by atoms with van der Waals surface area (Å²) in [5.41, 5.74) is 6.21. The molecule has 0 unspecified atom stereocenters. The molecule has 0 saturated carbocycles. The lowest BCUT2D eigenvalue weighted by Gasteiger charge is -2.05. The summed E-state index contributed by atoms with van der Waals surface area (Å²) < 4.78 is 1.49. The first kappa shape index (κ1) is 22.5. The number of phenols is 2. The lowest BCUT2D eigenvalue weighted by molar-refractivity contribution is -0.121. The van der Waals surface area contributed by atoms with Crippen LogP contribution < -0.4 is 10.9 Å². The third kappa shape index (κ3) is 7.25. The molecule has 0 bridgehead atoms. The number of hydrazone groups is 2. The van der Waals surface area contributed by atoms with Crippen molar-refractivity contribution in [3.8, 4) is 11.5 Å². The third-order valence-corrected chi connectivity index (χ3v) is 4.80. The van der Waals surface area contributed by atoms with E-state index in [9.17, 15) is 19.8 Å². The number of thioether (sulfide) groups is 1. The van der Waals surface area contributed by atoms with Gasteiger partial charge in [-0.3, -0.25) is 14.2 Å². The van der Waals surface area contributed by atoms with Crippen LogP contribution in [-0.4, -0.2) is 55.0 Å². The number of phenolic OH excluding ortho intramolecular Hbond substituents is 2. The van der Waals surface area contributed by atoms with Gasteiger partial charge in [0.15, 0.2) is 5.16 Å². The third-order valence-electron chi connectivity index (χ3n) is 3.82. The van der Waals surface area contributed by atoms with Gasteiger partial charge >= 0.3 is 0 Å². The Morgan fingerprint density at radius 1 is 0.906 bits per heavy atom. The standard InChI is InChI=1S/C20H19N7O4S/c28-16-5-1-14(2-6-16)9-21-24-18(30)11-27-13-23-26-20(27)32-12-19(31)25-22-10-15-3-7-17(29)8-4-15/h1-10,13,28-29H,11-12H2,(H,24,30)(H,25,31)/b21-9+,22-10+. The van der Waals surface area contributed by atoms with Gasteiger partial charge in [0.05, 0.1) is 18.2 Å². The van der Waals surface area contributed by atoms with Gasteiger partial charge in [-0.1, -0.05) is 11.8 Å². The lowest BCUT2D eigenvalue weighted by Crippen LogP contribution is -2.24. The molecule has 164 valence electrons. The monoisotopic (exact) mass is 453 g/mol. The van der Waals surface area contributed by atoms with Crippen molar-refractivity contribution in [1.29, 1.82) is 0 Å². The van der Waals surface area contributed by atoms with Crippen LogP contribution in [0.1, 0.15) is 11.1 Å². The van der Waals surface area contributed by atoms with Gasteiger partial charge in [0, 0.05) is 0 Å². The highest BCUT2D eigenvalue weighted by Crippen LogP contribution is 2.14. The first-order chi connectivity index (χ1) is 15.5. The van der Waals surface area contributed by atoms with E-state index in [1.807, 2.05) is 0 Å². The highest BCUT2D eigenvalue weighted by molar-refractivity contribution is 7.99. The van der Waals surface area contributed by atoms with E-state index in [0.717, 1.165) is 17.3 Å². The van der Waals surface area contributed by atoms with Crippen molar-refractivity contribution in [3.05, 3.63) is 66.0 Å².